The first-order valence-electron chi connectivity index (χ1n) is 8.69. The van der Waals surface area contributed by atoms with E-state index >= 15 is 0 Å². The molecule has 5 nitrogen and oxygen atoms in total. The Morgan fingerprint density at radius 2 is 1.68 bits per heavy atom. The van der Waals surface area contributed by atoms with Crippen molar-refractivity contribution in [2.24, 2.45) is 5.41 Å². The third-order valence-electron chi connectivity index (χ3n) is 5.07. The number of methoxy groups -OCH3 is 1. The highest BCUT2D eigenvalue weighted by molar-refractivity contribution is 5.83. The Kier molecular flexibility index (Phi) is 6.68. The average molecular weight is 310 g/mol. The second-order valence-corrected chi connectivity index (χ2v) is 6.97. The first kappa shape index (κ1) is 17.3. The molecular formula is C17H30N2O3. The van der Waals surface area contributed by atoms with Gasteiger partial charge in [-0.3, -0.25) is 9.59 Å². The van der Waals surface area contributed by atoms with Gasteiger partial charge in [-0.15, -0.1) is 0 Å². The van der Waals surface area contributed by atoms with Gasteiger partial charge in [0.05, 0.1) is 6.61 Å². The summed E-state index contributed by atoms with van der Waals surface area (Å²) in [4.78, 5) is 23.8. The van der Waals surface area contributed by atoms with Crippen LogP contribution in [0.5, 0.6) is 0 Å². The van der Waals surface area contributed by atoms with Crippen LogP contribution in [-0.4, -0.2) is 38.1 Å². The third-order valence-corrected chi connectivity index (χ3v) is 5.07. The quantitative estimate of drug-likeness (QED) is 0.722. The minimum atomic E-state index is -0.0241. The highest BCUT2D eigenvalue weighted by Crippen LogP contribution is 2.37. The lowest BCUT2D eigenvalue weighted by atomic mass is 9.87. The second kappa shape index (κ2) is 8.51. The minimum Gasteiger partial charge on any atom is -0.384 e. The predicted octanol–water partition coefficient (Wildman–Crippen LogP) is 2.15. The highest BCUT2D eigenvalue weighted by Gasteiger charge is 2.34. The smallest absolute Gasteiger partial charge is 0.220 e. The summed E-state index contributed by atoms with van der Waals surface area (Å²) < 4.78 is 5.32. The van der Waals surface area contributed by atoms with Crippen LogP contribution in [0.25, 0.3) is 0 Å². The summed E-state index contributed by atoms with van der Waals surface area (Å²) in [5.41, 5.74) is 0.108. The van der Waals surface area contributed by atoms with E-state index in [4.69, 9.17) is 4.74 Å². The normalized spacial score (nSPS) is 21.0. The lowest BCUT2D eigenvalue weighted by molar-refractivity contribution is -0.127. The van der Waals surface area contributed by atoms with Crippen molar-refractivity contribution in [3.05, 3.63) is 0 Å². The number of ether oxygens (including phenoxy) is 1. The molecule has 2 N–H and O–H groups in total. The molecule has 0 unspecified atom stereocenters. The van der Waals surface area contributed by atoms with Crippen LogP contribution in [0.15, 0.2) is 0 Å². The number of carbonyl (C=O) groups is 2. The van der Waals surface area contributed by atoms with Crippen LogP contribution in [0.4, 0.5) is 0 Å². The van der Waals surface area contributed by atoms with Gasteiger partial charge in [0.25, 0.3) is 0 Å². The second-order valence-electron chi connectivity index (χ2n) is 6.97. The summed E-state index contributed by atoms with van der Waals surface area (Å²) in [6.45, 7) is 1.37. The molecule has 2 aliphatic carbocycles. The van der Waals surface area contributed by atoms with E-state index in [1.807, 2.05) is 0 Å². The number of hydrogen-bond acceptors (Lipinski definition) is 3. The van der Waals surface area contributed by atoms with Gasteiger partial charge in [0, 0.05) is 38.0 Å². The molecule has 2 rings (SSSR count). The Hall–Kier alpha value is -1.10. The topological polar surface area (TPSA) is 67.4 Å². The van der Waals surface area contributed by atoms with Crippen molar-refractivity contribution < 1.29 is 14.3 Å². The molecule has 2 aliphatic rings. The number of nitrogens with one attached hydrogen (secondary N) is 2. The van der Waals surface area contributed by atoms with E-state index < -0.39 is 0 Å². The van der Waals surface area contributed by atoms with Crippen LogP contribution in [0.2, 0.25) is 0 Å². The van der Waals surface area contributed by atoms with Gasteiger partial charge in [0.2, 0.25) is 11.8 Å². The molecule has 2 saturated carbocycles. The molecule has 0 bridgehead atoms. The summed E-state index contributed by atoms with van der Waals surface area (Å²) in [6.07, 6.45) is 9.79. The zero-order valence-corrected chi connectivity index (χ0v) is 13.8. The molecule has 5 heteroatoms. The van der Waals surface area contributed by atoms with Crippen molar-refractivity contribution in [1.82, 2.24) is 10.6 Å². The SMILES string of the molecule is COCC1(CNC(=O)CCC(=O)NC2CCCC2)CCCC1. The van der Waals surface area contributed by atoms with E-state index in [1.165, 1.54) is 25.7 Å². The Morgan fingerprint density at radius 1 is 1.05 bits per heavy atom. The fourth-order valence-electron chi connectivity index (χ4n) is 3.77. The van der Waals surface area contributed by atoms with Gasteiger partial charge in [-0.05, 0) is 25.7 Å². The van der Waals surface area contributed by atoms with Crippen molar-refractivity contribution >= 4 is 11.8 Å². The van der Waals surface area contributed by atoms with Gasteiger partial charge in [-0.1, -0.05) is 25.7 Å². The van der Waals surface area contributed by atoms with E-state index in [2.05, 4.69) is 10.6 Å². The highest BCUT2D eigenvalue weighted by atomic mass is 16.5. The largest absolute Gasteiger partial charge is 0.384 e. The van der Waals surface area contributed by atoms with Gasteiger partial charge >= 0.3 is 0 Å². The molecule has 0 radical (unpaired) electrons. The first-order valence-corrected chi connectivity index (χ1v) is 8.69. The van der Waals surface area contributed by atoms with Crippen LogP contribution < -0.4 is 10.6 Å². The molecule has 0 spiro atoms. The molecule has 0 heterocycles. The molecule has 0 saturated heterocycles. The van der Waals surface area contributed by atoms with E-state index in [-0.39, 0.29) is 23.7 Å². The number of amides is 2. The van der Waals surface area contributed by atoms with Gasteiger partial charge in [0.1, 0.15) is 0 Å². The zero-order valence-electron chi connectivity index (χ0n) is 13.8. The minimum absolute atomic E-state index is 0.00882. The fourth-order valence-corrected chi connectivity index (χ4v) is 3.77. The van der Waals surface area contributed by atoms with E-state index in [1.54, 1.807) is 7.11 Å². The molecule has 126 valence electrons. The number of hydrogen-bond donors (Lipinski definition) is 2. The summed E-state index contributed by atoms with van der Waals surface area (Å²) in [6, 6.07) is 0.332. The third kappa shape index (κ3) is 5.27. The molecule has 2 fully saturated rings. The Morgan fingerprint density at radius 3 is 2.32 bits per heavy atom. The van der Waals surface area contributed by atoms with Gasteiger partial charge in [0.15, 0.2) is 0 Å². The number of rotatable bonds is 8. The molecule has 0 atom stereocenters. The fraction of sp³-hybridized carbons (Fsp3) is 0.882. The first-order chi connectivity index (χ1) is 10.6. The molecule has 0 aromatic rings. The molecule has 0 aromatic heterocycles. The van der Waals surface area contributed by atoms with Gasteiger partial charge < -0.3 is 15.4 Å². The summed E-state index contributed by atoms with van der Waals surface area (Å²) >= 11 is 0. The summed E-state index contributed by atoms with van der Waals surface area (Å²) in [5, 5.41) is 6.02. The maximum Gasteiger partial charge on any atom is 0.220 e. The maximum absolute atomic E-state index is 12.0. The Bertz CT molecular complexity index is 372. The van der Waals surface area contributed by atoms with Crippen molar-refractivity contribution in [1.29, 1.82) is 0 Å². The molecule has 0 aromatic carbocycles. The Balaban J connectivity index is 1.63. The van der Waals surface area contributed by atoms with Crippen LogP contribution in [0.1, 0.15) is 64.2 Å². The van der Waals surface area contributed by atoms with Gasteiger partial charge in [-0.25, -0.2) is 0 Å². The van der Waals surface area contributed by atoms with Crippen molar-refractivity contribution in [2.75, 3.05) is 20.3 Å². The monoisotopic (exact) mass is 310 g/mol. The van der Waals surface area contributed by atoms with Crippen LogP contribution >= 0.6 is 0 Å². The van der Waals surface area contributed by atoms with E-state index in [0.29, 0.717) is 25.6 Å². The van der Waals surface area contributed by atoms with Gasteiger partial charge in [-0.2, -0.15) is 0 Å². The van der Waals surface area contributed by atoms with Crippen LogP contribution in [0, 0.1) is 5.41 Å². The molecule has 22 heavy (non-hydrogen) atoms. The standard InChI is InChI=1S/C17H30N2O3/c1-22-13-17(10-4-5-11-17)12-18-15(20)8-9-16(21)19-14-6-2-3-7-14/h14H,2-13H2,1H3,(H,18,20)(H,19,21). The average Bonchev–Trinajstić information content (AvgIpc) is 3.16. The summed E-state index contributed by atoms with van der Waals surface area (Å²) in [5.74, 6) is -0.0153. The predicted molar refractivity (Wildman–Crippen MR) is 85.4 cm³/mol. The van der Waals surface area contributed by atoms with Crippen LogP contribution in [0.3, 0.4) is 0 Å². The van der Waals surface area contributed by atoms with E-state index in [9.17, 15) is 9.59 Å². The lowest BCUT2D eigenvalue weighted by Crippen LogP contribution is -2.39. The van der Waals surface area contributed by atoms with Crippen molar-refractivity contribution in [3.63, 3.8) is 0 Å². The number of carbonyl (C=O) groups excluding carboxylic acids is 2. The molecular weight excluding hydrogens is 280 g/mol. The van der Waals surface area contributed by atoms with Crippen molar-refractivity contribution in [2.45, 2.75) is 70.3 Å². The maximum atomic E-state index is 12.0. The lowest BCUT2D eigenvalue weighted by Gasteiger charge is -2.28. The molecule has 2 amide bonds. The Labute approximate surface area is 133 Å². The van der Waals surface area contributed by atoms with Crippen molar-refractivity contribution in [3.8, 4) is 0 Å². The van der Waals surface area contributed by atoms with E-state index in [0.717, 1.165) is 25.7 Å². The molecule has 0 aliphatic heterocycles. The van der Waals surface area contributed by atoms with Crippen LogP contribution in [-0.2, 0) is 14.3 Å². The summed E-state index contributed by atoms with van der Waals surface area (Å²) in [7, 11) is 1.72. The zero-order chi connectivity index (χ0) is 15.8.